The normalized spacial score (nSPS) is 13.6. The van der Waals surface area contributed by atoms with Crippen molar-refractivity contribution in [1.82, 2.24) is 5.32 Å². The van der Waals surface area contributed by atoms with E-state index in [-0.39, 0.29) is 17.9 Å². The Morgan fingerprint density at radius 3 is 2.62 bits per heavy atom. The molecule has 2 rings (SSSR count). The van der Waals surface area contributed by atoms with E-state index in [2.05, 4.69) is 16.0 Å². The van der Waals surface area contributed by atoms with Crippen LogP contribution in [-0.2, 0) is 9.53 Å². The third-order valence-electron chi connectivity index (χ3n) is 3.15. The quantitative estimate of drug-likeness (QED) is 0.674. The molecule has 0 aliphatic heterocycles. The Balaban J connectivity index is 1.79. The molecule has 3 amide bonds. The first-order valence-corrected chi connectivity index (χ1v) is 7.14. The number of methoxy groups -OCH3 is 1. The summed E-state index contributed by atoms with van der Waals surface area (Å²) in [4.78, 5) is 23.4. The van der Waals surface area contributed by atoms with Crippen LogP contribution in [0.3, 0.4) is 0 Å². The molecule has 1 aliphatic rings. The van der Waals surface area contributed by atoms with Gasteiger partial charge in [0.25, 0.3) is 0 Å². The predicted molar refractivity (Wildman–Crippen MR) is 81.3 cm³/mol. The lowest BCUT2D eigenvalue weighted by Crippen LogP contribution is -2.30. The number of anilines is 2. The fourth-order valence-electron chi connectivity index (χ4n) is 1.86. The van der Waals surface area contributed by atoms with E-state index in [1.807, 2.05) is 6.07 Å². The second-order valence-corrected chi connectivity index (χ2v) is 5.07. The smallest absolute Gasteiger partial charge is 0.319 e. The molecule has 6 heteroatoms. The van der Waals surface area contributed by atoms with Gasteiger partial charge in [0.15, 0.2) is 0 Å². The van der Waals surface area contributed by atoms with Crippen LogP contribution in [0.2, 0.25) is 0 Å². The summed E-state index contributed by atoms with van der Waals surface area (Å²) in [5.74, 6) is 0.210. The lowest BCUT2D eigenvalue weighted by molar-refractivity contribution is -0.117. The van der Waals surface area contributed by atoms with Crippen LogP contribution in [0.25, 0.3) is 0 Å². The van der Waals surface area contributed by atoms with E-state index in [0.717, 1.165) is 19.3 Å². The highest BCUT2D eigenvalue weighted by atomic mass is 16.5. The monoisotopic (exact) mass is 291 g/mol. The minimum Gasteiger partial charge on any atom is -0.385 e. The van der Waals surface area contributed by atoms with Crippen LogP contribution < -0.4 is 16.0 Å². The molecule has 0 saturated heterocycles. The fraction of sp³-hybridized carbons (Fsp3) is 0.467. The maximum absolute atomic E-state index is 11.7. The predicted octanol–water partition coefficient (Wildman–Crippen LogP) is 2.19. The van der Waals surface area contributed by atoms with Gasteiger partial charge in [-0.25, -0.2) is 4.79 Å². The van der Waals surface area contributed by atoms with Gasteiger partial charge in [0, 0.05) is 37.6 Å². The number of hydrogen-bond acceptors (Lipinski definition) is 3. The van der Waals surface area contributed by atoms with Gasteiger partial charge in [-0.05, 0) is 37.5 Å². The van der Waals surface area contributed by atoms with Crippen LogP contribution in [-0.4, -0.2) is 32.2 Å². The minimum absolute atomic E-state index is 0.0520. The molecule has 0 radical (unpaired) electrons. The summed E-state index contributed by atoms with van der Waals surface area (Å²) in [5.41, 5.74) is 1.34. The molecule has 0 bridgehead atoms. The molecule has 1 fully saturated rings. The van der Waals surface area contributed by atoms with Gasteiger partial charge in [0.1, 0.15) is 0 Å². The van der Waals surface area contributed by atoms with Crippen molar-refractivity contribution in [1.29, 1.82) is 0 Å². The topological polar surface area (TPSA) is 79.5 Å². The average Bonchev–Trinajstić information content (AvgIpc) is 3.28. The van der Waals surface area contributed by atoms with Crippen LogP contribution in [0.15, 0.2) is 24.3 Å². The summed E-state index contributed by atoms with van der Waals surface area (Å²) >= 11 is 0. The van der Waals surface area contributed by atoms with Crippen molar-refractivity contribution in [2.24, 2.45) is 5.92 Å². The molecule has 1 aliphatic carbocycles. The van der Waals surface area contributed by atoms with E-state index in [1.54, 1.807) is 25.3 Å². The number of urea groups is 1. The van der Waals surface area contributed by atoms with Crippen molar-refractivity contribution in [2.75, 3.05) is 30.9 Å². The van der Waals surface area contributed by atoms with Crippen LogP contribution in [0.1, 0.15) is 19.3 Å². The molecule has 1 aromatic rings. The second-order valence-electron chi connectivity index (χ2n) is 5.07. The first-order chi connectivity index (χ1) is 10.2. The summed E-state index contributed by atoms with van der Waals surface area (Å²) < 4.78 is 4.91. The Morgan fingerprint density at radius 1 is 1.24 bits per heavy atom. The van der Waals surface area contributed by atoms with E-state index in [4.69, 9.17) is 4.74 Å². The molecule has 3 N–H and O–H groups in total. The van der Waals surface area contributed by atoms with Gasteiger partial charge in [-0.2, -0.15) is 0 Å². The zero-order valence-electron chi connectivity index (χ0n) is 12.1. The van der Waals surface area contributed by atoms with E-state index >= 15 is 0 Å². The first kappa shape index (κ1) is 15.3. The van der Waals surface area contributed by atoms with Gasteiger partial charge in [-0.15, -0.1) is 0 Å². The number of benzene rings is 1. The van der Waals surface area contributed by atoms with E-state index < -0.39 is 0 Å². The van der Waals surface area contributed by atoms with Crippen molar-refractivity contribution in [3.63, 3.8) is 0 Å². The molecule has 0 unspecified atom stereocenters. The summed E-state index contributed by atoms with van der Waals surface area (Å²) in [6.45, 7) is 1.17. The molecule has 1 saturated carbocycles. The fourth-order valence-corrected chi connectivity index (χ4v) is 1.86. The number of ether oxygens (including phenoxy) is 1. The van der Waals surface area contributed by atoms with E-state index in [1.165, 1.54) is 0 Å². The molecule has 114 valence electrons. The molecule has 0 atom stereocenters. The Hall–Kier alpha value is -2.08. The van der Waals surface area contributed by atoms with Gasteiger partial charge in [0.05, 0.1) is 0 Å². The molecule has 1 aromatic carbocycles. The number of rotatable bonds is 7. The first-order valence-electron chi connectivity index (χ1n) is 7.14. The summed E-state index contributed by atoms with van der Waals surface area (Å²) in [6.07, 6.45) is 2.70. The van der Waals surface area contributed by atoms with Gasteiger partial charge < -0.3 is 20.7 Å². The van der Waals surface area contributed by atoms with Gasteiger partial charge in [0.2, 0.25) is 5.91 Å². The largest absolute Gasteiger partial charge is 0.385 e. The number of nitrogens with one attached hydrogen (secondary N) is 3. The van der Waals surface area contributed by atoms with Crippen molar-refractivity contribution in [2.45, 2.75) is 19.3 Å². The number of carbonyl (C=O) groups is 2. The second kappa shape index (κ2) is 7.64. The van der Waals surface area contributed by atoms with Crippen molar-refractivity contribution < 1.29 is 14.3 Å². The highest BCUT2D eigenvalue weighted by molar-refractivity contribution is 5.95. The summed E-state index contributed by atoms with van der Waals surface area (Å²) in [5, 5.41) is 8.32. The Labute approximate surface area is 124 Å². The van der Waals surface area contributed by atoms with Crippen LogP contribution in [0.4, 0.5) is 16.2 Å². The third-order valence-corrected chi connectivity index (χ3v) is 3.15. The van der Waals surface area contributed by atoms with Crippen LogP contribution in [0, 0.1) is 5.92 Å². The molecular formula is C15H21N3O3. The van der Waals surface area contributed by atoms with Crippen molar-refractivity contribution >= 4 is 23.3 Å². The Bertz CT molecular complexity index is 501. The molecular weight excluding hydrogens is 270 g/mol. The highest BCUT2D eigenvalue weighted by Gasteiger charge is 2.29. The van der Waals surface area contributed by atoms with E-state index in [0.29, 0.717) is 24.5 Å². The zero-order chi connectivity index (χ0) is 15.1. The standard InChI is InChI=1S/C15H21N3O3/c1-21-9-3-8-16-15(20)18-13-5-2-4-12(10-13)17-14(19)11-6-7-11/h2,4-5,10-11H,3,6-9H2,1H3,(H,17,19)(H2,16,18,20). The van der Waals surface area contributed by atoms with Crippen LogP contribution >= 0.6 is 0 Å². The van der Waals surface area contributed by atoms with Gasteiger partial charge in [-0.3, -0.25) is 4.79 Å². The lowest BCUT2D eigenvalue weighted by atomic mass is 10.2. The third kappa shape index (κ3) is 5.43. The number of carbonyl (C=O) groups excluding carboxylic acids is 2. The Kier molecular flexibility index (Phi) is 5.57. The summed E-state index contributed by atoms with van der Waals surface area (Å²) in [6, 6.07) is 6.86. The van der Waals surface area contributed by atoms with Crippen molar-refractivity contribution in [3.8, 4) is 0 Å². The molecule has 6 nitrogen and oxygen atoms in total. The van der Waals surface area contributed by atoms with Gasteiger partial charge in [-0.1, -0.05) is 6.07 Å². The highest BCUT2D eigenvalue weighted by Crippen LogP contribution is 2.30. The minimum atomic E-state index is -0.267. The zero-order valence-corrected chi connectivity index (χ0v) is 12.1. The Morgan fingerprint density at radius 2 is 1.95 bits per heavy atom. The molecule has 0 spiro atoms. The SMILES string of the molecule is COCCCNC(=O)Nc1cccc(NC(=O)C2CC2)c1. The van der Waals surface area contributed by atoms with Crippen molar-refractivity contribution in [3.05, 3.63) is 24.3 Å². The maximum Gasteiger partial charge on any atom is 0.319 e. The maximum atomic E-state index is 11.7. The number of amides is 3. The molecule has 0 aromatic heterocycles. The summed E-state index contributed by atoms with van der Waals surface area (Å²) in [7, 11) is 1.63. The average molecular weight is 291 g/mol. The number of hydrogen-bond donors (Lipinski definition) is 3. The molecule has 0 heterocycles. The van der Waals surface area contributed by atoms with Gasteiger partial charge >= 0.3 is 6.03 Å². The lowest BCUT2D eigenvalue weighted by Gasteiger charge is -2.09. The van der Waals surface area contributed by atoms with E-state index in [9.17, 15) is 9.59 Å². The molecule has 21 heavy (non-hydrogen) atoms. The van der Waals surface area contributed by atoms with Crippen LogP contribution in [0.5, 0.6) is 0 Å².